The standard InChI is InChI=1S/C13H15BrO2/c14-12-4-5-13(11(8-12)9-15)16-7-6-10-2-1-3-10/h4-5,8-10H,1-3,6-7H2. The maximum Gasteiger partial charge on any atom is 0.153 e. The van der Waals surface area contributed by atoms with Gasteiger partial charge < -0.3 is 4.74 Å². The van der Waals surface area contributed by atoms with E-state index in [1.165, 1.54) is 19.3 Å². The Morgan fingerprint density at radius 2 is 2.25 bits per heavy atom. The van der Waals surface area contributed by atoms with Gasteiger partial charge in [0.15, 0.2) is 6.29 Å². The Bertz CT molecular complexity index is 372. The molecule has 2 nitrogen and oxygen atoms in total. The van der Waals surface area contributed by atoms with E-state index in [1.807, 2.05) is 12.1 Å². The van der Waals surface area contributed by atoms with E-state index in [0.717, 1.165) is 23.1 Å². The molecule has 0 heterocycles. The van der Waals surface area contributed by atoms with Crippen LogP contribution in [0.1, 0.15) is 36.0 Å². The number of hydrogen-bond acceptors (Lipinski definition) is 2. The predicted molar refractivity (Wildman–Crippen MR) is 67.0 cm³/mol. The highest BCUT2D eigenvalue weighted by Gasteiger charge is 2.17. The molecule has 3 heteroatoms. The van der Waals surface area contributed by atoms with E-state index in [1.54, 1.807) is 6.07 Å². The lowest BCUT2D eigenvalue weighted by atomic mass is 9.83. The van der Waals surface area contributed by atoms with Crippen LogP contribution >= 0.6 is 15.9 Å². The van der Waals surface area contributed by atoms with Crippen LogP contribution in [-0.2, 0) is 0 Å². The average Bonchev–Trinajstić information content (AvgIpc) is 2.23. The molecule has 0 radical (unpaired) electrons. The maximum absolute atomic E-state index is 10.8. The summed E-state index contributed by atoms with van der Waals surface area (Å²) in [5.74, 6) is 1.53. The van der Waals surface area contributed by atoms with Crippen molar-refractivity contribution < 1.29 is 9.53 Å². The van der Waals surface area contributed by atoms with Gasteiger partial charge in [0.1, 0.15) is 5.75 Å². The quantitative estimate of drug-likeness (QED) is 0.768. The molecular weight excluding hydrogens is 268 g/mol. The number of halogens is 1. The second kappa shape index (κ2) is 5.48. The number of aldehydes is 1. The van der Waals surface area contributed by atoms with Crippen LogP contribution in [0.25, 0.3) is 0 Å². The second-order valence-electron chi connectivity index (χ2n) is 4.23. The highest BCUT2D eigenvalue weighted by Crippen LogP contribution is 2.29. The normalized spacial score (nSPS) is 15.6. The van der Waals surface area contributed by atoms with Gasteiger partial charge in [-0.1, -0.05) is 35.2 Å². The summed E-state index contributed by atoms with van der Waals surface area (Å²) in [6.45, 7) is 0.715. The molecule has 0 amide bonds. The summed E-state index contributed by atoms with van der Waals surface area (Å²) in [5, 5.41) is 0. The van der Waals surface area contributed by atoms with Gasteiger partial charge >= 0.3 is 0 Å². The molecule has 0 unspecified atom stereocenters. The van der Waals surface area contributed by atoms with Crippen LogP contribution in [0.5, 0.6) is 5.75 Å². The van der Waals surface area contributed by atoms with E-state index in [-0.39, 0.29) is 0 Å². The summed E-state index contributed by atoms with van der Waals surface area (Å²) in [5.41, 5.74) is 0.614. The van der Waals surface area contributed by atoms with Crippen molar-refractivity contribution in [2.45, 2.75) is 25.7 Å². The lowest BCUT2D eigenvalue weighted by molar-refractivity contribution is 0.111. The molecule has 1 aliphatic carbocycles. The van der Waals surface area contributed by atoms with Crippen molar-refractivity contribution in [2.24, 2.45) is 5.92 Å². The zero-order valence-corrected chi connectivity index (χ0v) is 10.7. The van der Waals surface area contributed by atoms with Gasteiger partial charge in [-0.25, -0.2) is 0 Å². The fourth-order valence-electron chi connectivity index (χ4n) is 1.86. The highest BCUT2D eigenvalue weighted by molar-refractivity contribution is 9.10. The third kappa shape index (κ3) is 2.85. The van der Waals surface area contributed by atoms with E-state index in [9.17, 15) is 4.79 Å². The minimum atomic E-state index is 0.614. The zero-order valence-electron chi connectivity index (χ0n) is 9.12. The van der Waals surface area contributed by atoms with Crippen LogP contribution < -0.4 is 4.74 Å². The Morgan fingerprint density at radius 3 is 2.88 bits per heavy atom. The zero-order chi connectivity index (χ0) is 11.4. The molecule has 86 valence electrons. The summed E-state index contributed by atoms with van der Waals surface area (Å²) in [6, 6.07) is 5.52. The van der Waals surface area contributed by atoms with Gasteiger partial charge in [-0.05, 0) is 30.5 Å². The molecule has 0 N–H and O–H groups in total. The van der Waals surface area contributed by atoms with Crippen LogP contribution in [0.2, 0.25) is 0 Å². The van der Waals surface area contributed by atoms with Crippen LogP contribution in [0.15, 0.2) is 22.7 Å². The van der Waals surface area contributed by atoms with Crippen LogP contribution in [0, 0.1) is 5.92 Å². The Kier molecular flexibility index (Phi) is 3.99. The topological polar surface area (TPSA) is 26.3 Å². The van der Waals surface area contributed by atoms with Gasteiger partial charge in [0.05, 0.1) is 12.2 Å². The van der Waals surface area contributed by atoms with Gasteiger partial charge in [0, 0.05) is 4.47 Å². The van der Waals surface area contributed by atoms with E-state index in [0.29, 0.717) is 17.9 Å². The van der Waals surface area contributed by atoms with Gasteiger partial charge in [-0.2, -0.15) is 0 Å². The van der Waals surface area contributed by atoms with Crippen molar-refractivity contribution in [1.82, 2.24) is 0 Å². The molecular formula is C13H15BrO2. The van der Waals surface area contributed by atoms with Crippen molar-refractivity contribution in [2.75, 3.05) is 6.61 Å². The lowest BCUT2D eigenvalue weighted by Crippen LogP contribution is -2.14. The third-order valence-electron chi connectivity index (χ3n) is 3.11. The van der Waals surface area contributed by atoms with Crippen LogP contribution in [0.3, 0.4) is 0 Å². The fourth-order valence-corrected chi connectivity index (χ4v) is 2.24. The first-order valence-electron chi connectivity index (χ1n) is 5.67. The summed E-state index contributed by atoms with van der Waals surface area (Å²) < 4.78 is 6.54. The molecule has 0 spiro atoms. The van der Waals surface area contributed by atoms with Crippen LogP contribution in [0.4, 0.5) is 0 Å². The van der Waals surface area contributed by atoms with Gasteiger partial charge in [-0.3, -0.25) is 4.79 Å². The minimum absolute atomic E-state index is 0.614. The van der Waals surface area contributed by atoms with Crippen molar-refractivity contribution >= 4 is 22.2 Å². The summed E-state index contributed by atoms with van der Waals surface area (Å²) in [7, 11) is 0. The molecule has 1 aliphatic rings. The van der Waals surface area contributed by atoms with E-state index in [4.69, 9.17) is 4.74 Å². The van der Waals surface area contributed by atoms with Crippen molar-refractivity contribution in [3.05, 3.63) is 28.2 Å². The molecule has 16 heavy (non-hydrogen) atoms. The highest BCUT2D eigenvalue weighted by atomic mass is 79.9. The summed E-state index contributed by atoms with van der Waals surface area (Å²) in [4.78, 5) is 10.8. The molecule has 0 aliphatic heterocycles. The van der Waals surface area contributed by atoms with Gasteiger partial charge in [-0.15, -0.1) is 0 Å². The third-order valence-corrected chi connectivity index (χ3v) is 3.60. The number of carbonyl (C=O) groups excluding carboxylic acids is 1. The molecule has 1 fully saturated rings. The molecule has 0 saturated heterocycles. The summed E-state index contributed by atoms with van der Waals surface area (Å²) >= 11 is 3.33. The molecule has 2 rings (SSSR count). The molecule has 1 aromatic rings. The predicted octanol–water partition coefficient (Wildman–Crippen LogP) is 3.83. The first-order chi connectivity index (χ1) is 7.79. The van der Waals surface area contributed by atoms with Crippen molar-refractivity contribution in [3.8, 4) is 5.75 Å². The summed E-state index contributed by atoms with van der Waals surface area (Å²) in [6.07, 6.45) is 5.98. The van der Waals surface area contributed by atoms with Crippen molar-refractivity contribution in [3.63, 3.8) is 0 Å². The van der Waals surface area contributed by atoms with Crippen molar-refractivity contribution in [1.29, 1.82) is 0 Å². The minimum Gasteiger partial charge on any atom is -0.493 e. The number of ether oxygens (including phenoxy) is 1. The molecule has 0 bridgehead atoms. The maximum atomic E-state index is 10.8. The Morgan fingerprint density at radius 1 is 1.44 bits per heavy atom. The van der Waals surface area contributed by atoms with E-state index < -0.39 is 0 Å². The van der Waals surface area contributed by atoms with Crippen LogP contribution in [-0.4, -0.2) is 12.9 Å². The first kappa shape index (κ1) is 11.6. The molecule has 1 aromatic carbocycles. The Hall–Kier alpha value is -0.830. The number of carbonyl (C=O) groups is 1. The number of hydrogen-bond donors (Lipinski definition) is 0. The SMILES string of the molecule is O=Cc1cc(Br)ccc1OCCC1CCC1. The Labute approximate surface area is 104 Å². The van der Waals surface area contributed by atoms with E-state index >= 15 is 0 Å². The smallest absolute Gasteiger partial charge is 0.153 e. The fraction of sp³-hybridized carbons (Fsp3) is 0.462. The molecule has 0 aromatic heterocycles. The molecule has 1 saturated carbocycles. The van der Waals surface area contributed by atoms with E-state index in [2.05, 4.69) is 15.9 Å². The van der Waals surface area contributed by atoms with Gasteiger partial charge in [0.2, 0.25) is 0 Å². The Balaban J connectivity index is 1.89. The number of benzene rings is 1. The second-order valence-corrected chi connectivity index (χ2v) is 5.15. The average molecular weight is 283 g/mol. The molecule has 0 atom stereocenters. The monoisotopic (exact) mass is 282 g/mol. The largest absolute Gasteiger partial charge is 0.493 e. The van der Waals surface area contributed by atoms with Gasteiger partial charge in [0.25, 0.3) is 0 Å². The number of rotatable bonds is 5. The first-order valence-corrected chi connectivity index (χ1v) is 6.46. The lowest BCUT2D eigenvalue weighted by Gasteiger charge is -2.25.